The molecule has 140 valence electrons. The maximum Gasteiger partial charge on any atom is 0.254 e. The van der Waals surface area contributed by atoms with Gasteiger partial charge in [-0.2, -0.15) is 5.26 Å². The minimum absolute atomic E-state index is 0.0142. The summed E-state index contributed by atoms with van der Waals surface area (Å²) in [6.07, 6.45) is 5.95. The molecule has 2 unspecified atom stereocenters. The van der Waals surface area contributed by atoms with Gasteiger partial charge in [-0.05, 0) is 43.9 Å². The lowest BCUT2D eigenvalue weighted by Crippen LogP contribution is -2.47. The van der Waals surface area contributed by atoms with E-state index in [0.717, 1.165) is 31.4 Å². The Morgan fingerprint density at radius 2 is 1.89 bits per heavy atom. The first-order valence-corrected chi connectivity index (χ1v) is 9.62. The fourth-order valence-electron chi connectivity index (χ4n) is 4.37. The largest absolute Gasteiger partial charge is 0.333 e. The second-order valence-electron chi connectivity index (χ2n) is 8.75. The summed E-state index contributed by atoms with van der Waals surface area (Å²) in [4.78, 5) is 15.1. The first-order valence-electron chi connectivity index (χ1n) is 9.62. The fourth-order valence-corrected chi connectivity index (χ4v) is 4.37. The maximum atomic E-state index is 13.1. The monoisotopic (exact) mass is 363 g/mol. The van der Waals surface area contributed by atoms with E-state index in [2.05, 4.69) is 48.2 Å². The van der Waals surface area contributed by atoms with Gasteiger partial charge in [-0.25, -0.2) is 4.68 Å². The first-order chi connectivity index (χ1) is 12.9. The van der Waals surface area contributed by atoms with Crippen molar-refractivity contribution >= 4 is 5.91 Å². The third-order valence-corrected chi connectivity index (χ3v) is 5.83. The number of piperidine rings is 1. The number of amides is 1. The lowest BCUT2D eigenvalue weighted by Gasteiger charge is -2.39. The van der Waals surface area contributed by atoms with Crippen molar-refractivity contribution in [1.82, 2.24) is 19.9 Å². The Hall–Kier alpha value is -2.68. The number of benzene rings is 1. The zero-order valence-corrected chi connectivity index (χ0v) is 16.1. The zero-order valence-electron chi connectivity index (χ0n) is 16.1. The third kappa shape index (κ3) is 3.23. The highest BCUT2D eigenvalue weighted by Gasteiger charge is 2.44. The van der Waals surface area contributed by atoms with Crippen LogP contribution in [0.25, 0.3) is 0 Å². The maximum absolute atomic E-state index is 13.1. The predicted octanol–water partition coefficient (Wildman–Crippen LogP) is 3.46. The van der Waals surface area contributed by atoms with Crippen molar-refractivity contribution in [3.8, 4) is 6.07 Å². The van der Waals surface area contributed by atoms with Gasteiger partial charge >= 0.3 is 0 Å². The lowest BCUT2D eigenvalue weighted by molar-refractivity contribution is 0.0523. The number of rotatable bonds is 2. The van der Waals surface area contributed by atoms with Crippen molar-refractivity contribution in [2.24, 2.45) is 0 Å². The van der Waals surface area contributed by atoms with Crippen molar-refractivity contribution in [1.29, 1.82) is 5.26 Å². The Morgan fingerprint density at radius 3 is 2.48 bits per heavy atom. The summed E-state index contributed by atoms with van der Waals surface area (Å²) in [5.41, 5.74) is 2.13. The van der Waals surface area contributed by atoms with Crippen LogP contribution in [0, 0.1) is 11.3 Å². The van der Waals surface area contributed by atoms with Crippen molar-refractivity contribution in [2.45, 2.75) is 70.0 Å². The topological polar surface area (TPSA) is 74.8 Å². The van der Waals surface area contributed by atoms with Gasteiger partial charge in [-0.1, -0.05) is 32.1 Å². The van der Waals surface area contributed by atoms with E-state index in [1.807, 2.05) is 10.7 Å². The Labute approximate surface area is 159 Å². The predicted molar refractivity (Wildman–Crippen MR) is 101 cm³/mol. The summed E-state index contributed by atoms with van der Waals surface area (Å²) in [7, 11) is 0. The molecule has 1 aromatic carbocycles. The summed E-state index contributed by atoms with van der Waals surface area (Å²) in [6, 6.07) is 9.89. The Kier molecular flexibility index (Phi) is 4.26. The van der Waals surface area contributed by atoms with E-state index >= 15 is 0 Å². The molecule has 1 aromatic heterocycles. The molecule has 0 radical (unpaired) electrons. The van der Waals surface area contributed by atoms with E-state index in [1.54, 1.807) is 18.2 Å². The number of nitrogens with zero attached hydrogens (tertiary/aromatic N) is 5. The molecule has 2 aromatic rings. The molecule has 0 saturated carbocycles. The molecule has 27 heavy (non-hydrogen) atoms. The van der Waals surface area contributed by atoms with Crippen molar-refractivity contribution in [2.75, 3.05) is 0 Å². The molecule has 0 N–H and O–H groups in total. The standard InChI is InChI=1S/C21H25N5O/c1-21(2,3)19-13-25(24-23-19)18-10-16-7-8-17(11-18)26(16)20(27)15-6-4-5-14(9-15)12-22/h4-6,9,13,16-18H,7-8,10-11H2,1-3H3. The molecule has 3 heterocycles. The number of carbonyl (C=O) groups excluding carboxylic acids is 1. The average molecular weight is 363 g/mol. The van der Waals surface area contributed by atoms with E-state index in [0.29, 0.717) is 17.2 Å². The smallest absolute Gasteiger partial charge is 0.254 e. The van der Waals surface area contributed by atoms with Crippen LogP contribution in [0.15, 0.2) is 30.5 Å². The van der Waals surface area contributed by atoms with Crippen molar-refractivity contribution in [3.05, 3.63) is 47.3 Å². The van der Waals surface area contributed by atoms with Gasteiger partial charge in [0.05, 0.1) is 23.4 Å². The first kappa shape index (κ1) is 17.7. The molecule has 2 aliphatic heterocycles. The number of hydrogen-bond acceptors (Lipinski definition) is 4. The van der Waals surface area contributed by atoms with E-state index in [-0.39, 0.29) is 23.4 Å². The SMILES string of the molecule is CC(C)(C)c1cn(C2CC3CCC(C2)N3C(=O)c2cccc(C#N)c2)nn1. The van der Waals surface area contributed by atoms with Crippen LogP contribution in [-0.2, 0) is 5.41 Å². The molecule has 6 heteroatoms. The summed E-state index contributed by atoms with van der Waals surface area (Å²) in [5, 5.41) is 17.8. The highest BCUT2D eigenvalue weighted by Crippen LogP contribution is 2.41. The van der Waals surface area contributed by atoms with E-state index < -0.39 is 0 Å². The van der Waals surface area contributed by atoms with Crippen LogP contribution >= 0.6 is 0 Å². The molecule has 0 aliphatic carbocycles. The normalized spacial score (nSPS) is 24.7. The van der Waals surface area contributed by atoms with Crippen LogP contribution in [0.5, 0.6) is 0 Å². The molecule has 2 fully saturated rings. The van der Waals surface area contributed by atoms with E-state index in [9.17, 15) is 4.79 Å². The van der Waals surface area contributed by atoms with Crippen LogP contribution in [0.1, 0.15) is 74.1 Å². The quantitative estimate of drug-likeness (QED) is 0.819. The Morgan fingerprint density at radius 1 is 1.19 bits per heavy atom. The van der Waals surface area contributed by atoms with Gasteiger partial charge in [-0.3, -0.25) is 4.79 Å². The molecule has 2 aliphatic rings. The number of carbonyl (C=O) groups is 1. The van der Waals surface area contributed by atoms with Gasteiger partial charge in [0.1, 0.15) is 0 Å². The highest BCUT2D eigenvalue weighted by molar-refractivity contribution is 5.95. The van der Waals surface area contributed by atoms with Crippen LogP contribution in [0.2, 0.25) is 0 Å². The zero-order chi connectivity index (χ0) is 19.2. The highest BCUT2D eigenvalue weighted by atomic mass is 16.2. The van der Waals surface area contributed by atoms with Gasteiger partial charge in [0.2, 0.25) is 0 Å². The number of fused-ring (bicyclic) bond motifs is 2. The molecular weight excluding hydrogens is 338 g/mol. The molecule has 1 amide bonds. The lowest BCUT2D eigenvalue weighted by atomic mass is 9.92. The third-order valence-electron chi connectivity index (χ3n) is 5.83. The van der Waals surface area contributed by atoms with Crippen molar-refractivity contribution in [3.63, 3.8) is 0 Å². The van der Waals surface area contributed by atoms with Gasteiger partial charge in [0, 0.05) is 29.3 Å². The summed E-state index contributed by atoms with van der Waals surface area (Å²) in [5.74, 6) is 0.0482. The molecule has 2 saturated heterocycles. The van der Waals surface area contributed by atoms with Gasteiger partial charge in [0.15, 0.2) is 0 Å². The molecule has 6 nitrogen and oxygen atoms in total. The molecule has 2 atom stereocenters. The van der Waals surface area contributed by atoms with Gasteiger partial charge in [-0.15, -0.1) is 5.10 Å². The summed E-state index contributed by atoms with van der Waals surface area (Å²) < 4.78 is 2.00. The van der Waals surface area contributed by atoms with Crippen LogP contribution in [0.3, 0.4) is 0 Å². The second kappa shape index (κ2) is 6.49. The molecule has 0 spiro atoms. The number of aromatic nitrogens is 3. The Bertz CT molecular complexity index is 890. The number of hydrogen-bond donors (Lipinski definition) is 0. The molecular formula is C21H25N5O. The van der Waals surface area contributed by atoms with Crippen LogP contribution < -0.4 is 0 Å². The van der Waals surface area contributed by atoms with Gasteiger partial charge < -0.3 is 4.90 Å². The molecule has 2 bridgehead atoms. The summed E-state index contributed by atoms with van der Waals surface area (Å²) in [6.45, 7) is 6.42. The van der Waals surface area contributed by atoms with Crippen molar-refractivity contribution < 1.29 is 4.79 Å². The van der Waals surface area contributed by atoms with Crippen LogP contribution in [0.4, 0.5) is 0 Å². The molecule has 4 rings (SSSR count). The Balaban J connectivity index is 1.53. The van der Waals surface area contributed by atoms with E-state index in [1.165, 1.54) is 0 Å². The van der Waals surface area contributed by atoms with Gasteiger partial charge in [0.25, 0.3) is 5.91 Å². The minimum Gasteiger partial charge on any atom is -0.333 e. The summed E-state index contributed by atoms with van der Waals surface area (Å²) >= 11 is 0. The second-order valence-corrected chi connectivity index (χ2v) is 8.75. The minimum atomic E-state index is -0.0142. The fraction of sp³-hybridized carbons (Fsp3) is 0.524. The average Bonchev–Trinajstić information content (AvgIpc) is 3.24. The number of nitriles is 1. The van der Waals surface area contributed by atoms with Crippen LogP contribution in [-0.4, -0.2) is 37.9 Å². The van der Waals surface area contributed by atoms with E-state index in [4.69, 9.17) is 5.26 Å².